The highest BCUT2D eigenvalue weighted by atomic mass is 16.1. The van der Waals surface area contributed by atoms with E-state index in [1.807, 2.05) is 6.08 Å². The van der Waals surface area contributed by atoms with Crippen LogP contribution in [-0.2, 0) is 4.79 Å². The molecule has 1 fully saturated rings. The number of carbonyl (C=O) groups excluding carboxylic acids is 1. The molecule has 2 N–H and O–H groups in total. The molecule has 0 radical (unpaired) electrons. The van der Waals surface area contributed by atoms with Crippen molar-refractivity contribution in [2.24, 2.45) is 10.9 Å². The SMILES string of the molecule is C=CCNC(=NC)N1CCC(CC(=O)NC)CC1. The van der Waals surface area contributed by atoms with E-state index in [9.17, 15) is 4.79 Å². The van der Waals surface area contributed by atoms with Crippen molar-refractivity contribution in [3.63, 3.8) is 0 Å². The van der Waals surface area contributed by atoms with Gasteiger partial charge in [0.05, 0.1) is 0 Å². The summed E-state index contributed by atoms with van der Waals surface area (Å²) in [6.07, 6.45) is 4.55. The highest BCUT2D eigenvalue weighted by Crippen LogP contribution is 2.20. The summed E-state index contributed by atoms with van der Waals surface area (Å²) >= 11 is 0. The molecule has 102 valence electrons. The van der Waals surface area contributed by atoms with Gasteiger partial charge in [0.2, 0.25) is 5.91 Å². The van der Waals surface area contributed by atoms with Crippen LogP contribution in [0.1, 0.15) is 19.3 Å². The molecule has 0 atom stereocenters. The van der Waals surface area contributed by atoms with Gasteiger partial charge in [0, 0.05) is 40.2 Å². The third kappa shape index (κ3) is 4.39. The Bertz CT molecular complexity index is 306. The summed E-state index contributed by atoms with van der Waals surface area (Å²) < 4.78 is 0. The first-order chi connectivity index (χ1) is 8.71. The molecule has 1 aliphatic heterocycles. The minimum absolute atomic E-state index is 0.141. The summed E-state index contributed by atoms with van der Waals surface area (Å²) in [4.78, 5) is 17.8. The van der Waals surface area contributed by atoms with Gasteiger partial charge in [-0.3, -0.25) is 9.79 Å². The van der Waals surface area contributed by atoms with E-state index in [1.54, 1.807) is 14.1 Å². The average Bonchev–Trinajstić information content (AvgIpc) is 2.41. The number of hydrogen-bond donors (Lipinski definition) is 2. The maximum Gasteiger partial charge on any atom is 0.220 e. The molecule has 0 aromatic rings. The van der Waals surface area contributed by atoms with Crippen molar-refractivity contribution in [3.05, 3.63) is 12.7 Å². The van der Waals surface area contributed by atoms with Crippen LogP contribution in [0.4, 0.5) is 0 Å². The third-order valence-electron chi connectivity index (χ3n) is 3.28. The van der Waals surface area contributed by atoms with Crippen LogP contribution in [-0.4, -0.2) is 50.5 Å². The second-order valence-corrected chi connectivity index (χ2v) is 4.52. The summed E-state index contributed by atoms with van der Waals surface area (Å²) in [6.45, 7) is 6.33. The number of aliphatic imine (C=N–C) groups is 1. The number of amides is 1. The molecule has 5 heteroatoms. The molecular formula is C13H24N4O. The quantitative estimate of drug-likeness (QED) is 0.437. The van der Waals surface area contributed by atoms with Gasteiger partial charge in [-0.1, -0.05) is 6.08 Å². The smallest absolute Gasteiger partial charge is 0.220 e. The van der Waals surface area contributed by atoms with Gasteiger partial charge in [-0.2, -0.15) is 0 Å². The number of hydrogen-bond acceptors (Lipinski definition) is 2. The lowest BCUT2D eigenvalue weighted by atomic mass is 9.93. The van der Waals surface area contributed by atoms with E-state index in [-0.39, 0.29) is 5.91 Å². The Balaban J connectivity index is 2.38. The molecule has 0 aromatic carbocycles. The first kappa shape index (κ1) is 14.5. The Hall–Kier alpha value is -1.52. The molecule has 0 unspecified atom stereocenters. The summed E-state index contributed by atoms with van der Waals surface area (Å²) in [6, 6.07) is 0. The number of piperidine rings is 1. The maximum absolute atomic E-state index is 11.3. The van der Waals surface area contributed by atoms with Crippen LogP contribution in [0.3, 0.4) is 0 Å². The number of nitrogens with one attached hydrogen (secondary N) is 2. The van der Waals surface area contributed by atoms with Crippen LogP contribution in [0.25, 0.3) is 0 Å². The lowest BCUT2D eigenvalue weighted by Crippen LogP contribution is -2.46. The fraction of sp³-hybridized carbons (Fsp3) is 0.692. The molecule has 1 aliphatic rings. The molecule has 0 bridgehead atoms. The van der Waals surface area contributed by atoms with E-state index in [4.69, 9.17) is 0 Å². The Morgan fingerprint density at radius 2 is 2.17 bits per heavy atom. The highest BCUT2D eigenvalue weighted by Gasteiger charge is 2.22. The van der Waals surface area contributed by atoms with E-state index in [0.717, 1.165) is 38.4 Å². The molecule has 1 saturated heterocycles. The van der Waals surface area contributed by atoms with Gasteiger partial charge in [-0.25, -0.2) is 0 Å². The van der Waals surface area contributed by atoms with Crippen molar-refractivity contribution in [2.45, 2.75) is 19.3 Å². The predicted molar refractivity (Wildman–Crippen MR) is 74.5 cm³/mol. The number of carbonyl (C=O) groups is 1. The van der Waals surface area contributed by atoms with Crippen molar-refractivity contribution in [3.8, 4) is 0 Å². The fourth-order valence-electron chi connectivity index (χ4n) is 2.21. The lowest BCUT2D eigenvalue weighted by molar-refractivity contribution is -0.121. The van der Waals surface area contributed by atoms with Gasteiger partial charge in [0.25, 0.3) is 0 Å². The minimum atomic E-state index is 0.141. The van der Waals surface area contributed by atoms with Gasteiger partial charge in [0.1, 0.15) is 0 Å². The van der Waals surface area contributed by atoms with Crippen molar-refractivity contribution in [1.82, 2.24) is 15.5 Å². The summed E-state index contributed by atoms with van der Waals surface area (Å²) in [5.74, 6) is 1.56. The van der Waals surface area contributed by atoms with Crippen molar-refractivity contribution in [2.75, 3.05) is 33.7 Å². The first-order valence-electron chi connectivity index (χ1n) is 6.48. The van der Waals surface area contributed by atoms with E-state index in [1.165, 1.54) is 0 Å². The number of nitrogens with zero attached hydrogens (tertiary/aromatic N) is 2. The topological polar surface area (TPSA) is 56.7 Å². The number of likely N-dealkylation sites (tertiary alicyclic amines) is 1. The molecule has 1 rings (SSSR count). The molecule has 1 amide bonds. The molecule has 1 heterocycles. The third-order valence-corrected chi connectivity index (χ3v) is 3.28. The van der Waals surface area contributed by atoms with Crippen LogP contribution in [0.15, 0.2) is 17.6 Å². The van der Waals surface area contributed by atoms with E-state index in [2.05, 4.69) is 27.1 Å². The van der Waals surface area contributed by atoms with Gasteiger partial charge >= 0.3 is 0 Å². The van der Waals surface area contributed by atoms with Gasteiger partial charge in [-0.15, -0.1) is 6.58 Å². The molecule has 18 heavy (non-hydrogen) atoms. The lowest BCUT2D eigenvalue weighted by Gasteiger charge is -2.33. The highest BCUT2D eigenvalue weighted by molar-refractivity contribution is 5.80. The number of rotatable bonds is 4. The monoisotopic (exact) mass is 252 g/mol. The summed E-state index contributed by atoms with van der Waals surface area (Å²) in [5.41, 5.74) is 0. The average molecular weight is 252 g/mol. The normalized spacial score (nSPS) is 17.4. The van der Waals surface area contributed by atoms with Crippen LogP contribution >= 0.6 is 0 Å². The Morgan fingerprint density at radius 1 is 1.50 bits per heavy atom. The van der Waals surface area contributed by atoms with Crippen LogP contribution in [0.5, 0.6) is 0 Å². The molecule has 0 aliphatic carbocycles. The zero-order chi connectivity index (χ0) is 13.4. The molecule has 0 spiro atoms. The summed E-state index contributed by atoms with van der Waals surface area (Å²) in [7, 11) is 3.49. The Labute approximate surface area is 109 Å². The van der Waals surface area contributed by atoms with E-state index in [0.29, 0.717) is 12.3 Å². The van der Waals surface area contributed by atoms with E-state index < -0.39 is 0 Å². The number of guanidine groups is 1. The van der Waals surface area contributed by atoms with Crippen LogP contribution < -0.4 is 10.6 Å². The van der Waals surface area contributed by atoms with Gasteiger partial charge in [-0.05, 0) is 18.8 Å². The van der Waals surface area contributed by atoms with Gasteiger partial charge in [0.15, 0.2) is 5.96 Å². The first-order valence-corrected chi connectivity index (χ1v) is 6.48. The van der Waals surface area contributed by atoms with Crippen LogP contribution in [0.2, 0.25) is 0 Å². The fourth-order valence-corrected chi connectivity index (χ4v) is 2.21. The maximum atomic E-state index is 11.3. The van der Waals surface area contributed by atoms with Crippen LogP contribution in [0, 0.1) is 5.92 Å². The summed E-state index contributed by atoms with van der Waals surface area (Å²) in [5, 5.41) is 5.92. The predicted octanol–water partition coefficient (Wildman–Crippen LogP) is 0.596. The van der Waals surface area contributed by atoms with Crippen molar-refractivity contribution in [1.29, 1.82) is 0 Å². The molecule has 0 saturated carbocycles. The zero-order valence-corrected chi connectivity index (χ0v) is 11.4. The second kappa shape index (κ2) is 7.74. The molecular weight excluding hydrogens is 228 g/mol. The molecule has 0 aromatic heterocycles. The van der Waals surface area contributed by atoms with E-state index >= 15 is 0 Å². The largest absolute Gasteiger partial charge is 0.359 e. The zero-order valence-electron chi connectivity index (χ0n) is 11.4. The second-order valence-electron chi connectivity index (χ2n) is 4.52. The van der Waals surface area contributed by atoms with Gasteiger partial charge < -0.3 is 15.5 Å². The minimum Gasteiger partial charge on any atom is -0.359 e. The Kier molecular flexibility index (Phi) is 6.25. The molecule has 5 nitrogen and oxygen atoms in total. The Morgan fingerprint density at radius 3 is 2.67 bits per heavy atom. The standard InChI is InChI=1S/C13H24N4O/c1-4-7-16-13(15-3)17-8-5-11(6-9-17)10-12(18)14-2/h4,11H,1,5-10H2,2-3H3,(H,14,18)(H,15,16). The van der Waals surface area contributed by atoms with Crippen molar-refractivity contribution < 1.29 is 4.79 Å². The van der Waals surface area contributed by atoms with Crippen molar-refractivity contribution >= 4 is 11.9 Å².